The molecule has 0 aliphatic heterocycles. The topological polar surface area (TPSA) is 28.2 Å². The van der Waals surface area contributed by atoms with E-state index >= 15 is 0 Å². The van der Waals surface area contributed by atoms with Crippen molar-refractivity contribution >= 4 is 17.6 Å². The van der Waals surface area contributed by atoms with Crippen LogP contribution in [0, 0.1) is 0 Å². The van der Waals surface area contributed by atoms with Crippen molar-refractivity contribution in [2.24, 2.45) is 0 Å². The van der Waals surface area contributed by atoms with Gasteiger partial charge in [-0.1, -0.05) is 26.8 Å². The van der Waals surface area contributed by atoms with Gasteiger partial charge in [0.2, 0.25) is 0 Å². The Kier molecular flexibility index (Phi) is 5.47. The van der Waals surface area contributed by atoms with Crippen molar-refractivity contribution < 1.29 is 0 Å². The van der Waals surface area contributed by atoms with Crippen LogP contribution in [0.2, 0.25) is 0 Å². The van der Waals surface area contributed by atoms with Gasteiger partial charge in [-0.2, -0.15) is 11.8 Å². The summed E-state index contributed by atoms with van der Waals surface area (Å²) in [5, 5.41) is 3.37. The van der Waals surface area contributed by atoms with Crippen molar-refractivity contribution in [1.82, 2.24) is 10.3 Å². The maximum absolute atomic E-state index is 4.47. The normalized spacial score (nSPS) is 13.4. The molecule has 3 nitrogen and oxygen atoms in total. The Morgan fingerprint density at radius 3 is 2.39 bits per heavy atom. The van der Waals surface area contributed by atoms with Crippen molar-refractivity contribution in [3.8, 4) is 0 Å². The second-order valence-electron chi connectivity index (χ2n) is 5.61. The summed E-state index contributed by atoms with van der Waals surface area (Å²) in [7, 11) is 6.02. The number of nitrogens with one attached hydrogen (secondary N) is 1. The van der Waals surface area contributed by atoms with E-state index in [1.165, 1.54) is 5.56 Å². The minimum absolute atomic E-state index is 0.298. The van der Waals surface area contributed by atoms with Crippen molar-refractivity contribution in [2.45, 2.75) is 31.6 Å². The SMILES string of the molecule is CNC(CSC(C)(C)C)c1ccc(N(C)C)nc1. The number of anilines is 1. The summed E-state index contributed by atoms with van der Waals surface area (Å²) < 4.78 is 0.298. The highest BCUT2D eigenvalue weighted by Crippen LogP contribution is 2.28. The summed E-state index contributed by atoms with van der Waals surface area (Å²) in [5.74, 6) is 2.06. The summed E-state index contributed by atoms with van der Waals surface area (Å²) in [6.45, 7) is 6.74. The molecule has 1 heterocycles. The molecular formula is C14H25N3S. The van der Waals surface area contributed by atoms with Crippen LogP contribution < -0.4 is 10.2 Å². The fourth-order valence-corrected chi connectivity index (χ4v) is 2.57. The van der Waals surface area contributed by atoms with Crippen LogP contribution in [0.5, 0.6) is 0 Å². The highest BCUT2D eigenvalue weighted by molar-refractivity contribution is 8.00. The molecule has 1 atom stereocenters. The Morgan fingerprint density at radius 1 is 1.33 bits per heavy atom. The van der Waals surface area contributed by atoms with E-state index in [4.69, 9.17) is 0 Å². The van der Waals surface area contributed by atoms with Crippen molar-refractivity contribution in [3.05, 3.63) is 23.9 Å². The highest BCUT2D eigenvalue weighted by atomic mass is 32.2. The molecule has 0 spiro atoms. The van der Waals surface area contributed by atoms with E-state index in [1.54, 1.807) is 0 Å². The smallest absolute Gasteiger partial charge is 0.127 e. The minimum Gasteiger partial charge on any atom is -0.363 e. The summed E-state index contributed by atoms with van der Waals surface area (Å²) in [6, 6.07) is 4.59. The molecule has 0 fully saturated rings. The fourth-order valence-electron chi connectivity index (χ4n) is 1.55. The molecule has 0 aromatic carbocycles. The first-order valence-electron chi connectivity index (χ1n) is 6.28. The van der Waals surface area contributed by atoms with Crippen LogP contribution in [0.4, 0.5) is 5.82 Å². The molecule has 0 radical (unpaired) electrons. The van der Waals surface area contributed by atoms with Gasteiger partial charge >= 0.3 is 0 Å². The van der Waals surface area contributed by atoms with E-state index in [1.807, 2.05) is 44.0 Å². The maximum Gasteiger partial charge on any atom is 0.127 e. The monoisotopic (exact) mass is 267 g/mol. The van der Waals surface area contributed by atoms with Gasteiger partial charge in [-0.25, -0.2) is 4.98 Å². The molecule has 1 aromatic rings. The van der Waals surface area contributed by atoms with Gasteiger partial charge in [0.05, 0.1) is 0 Å². The van der Waals surface area contributed by atoms with Gasteiger partial charge in [0.15, 0.2) is 0 Å². The Bertz CT molecular complexity index is 354. The summed E-state index contributed by atoms with van der Waals surface area (Å²) in [5.41, 5.74) is 1.25. The lowest BCUT2D eigenvalue weighted by atomic mass is 10.1. The Labute approximate surface area is 115 Å². The molecule has 0 aliphatic rings. The molecule has 1 N–H and O–H groups in total. The number of hydrogen-bond acceptors (Lipinski definition) is 4. The lowest BCUT2D eigenvalue weighted by Gasteiger charge is -2.23. The molecule has 1 unspecified atom stereocenters. The van der Waals surface area contributed by atoms with Crippen LogP contribution in [-0.4, -0.2) is 36.6 Å². The maximum atomic E-state index is 4.47. The van der Waals surface area contributed by atoms with Crippen LogP contribution in [0.1, 0.15) is 32.4 Å². The van der Waals surface area contributed by atoms with Crippen molar-refractivity contribution in [3.63, 3.8) is 0 Å². The Balaban J connectivity index is 2.70. The number of nitrogens with zero attached hydrogens (tertiary/aromatic N) is 2. The van der Waals surface area contributed by atoms with Gasteiger partial charge in [-0.05, 0) is 18.7 Å². The number of thioether (sulfide) groups is 1. The molecule has 1 aromatic heterocycles. The minimum atomic E-state index is 0.298. The molecule has 0 aliphatic carbocycles. The Morgan fingerprint density at radius 2 is 2.00 bits per heavy atom. The predicted octanol–water partition coefficient (Wildman–Crippen LogP) is 2.94. The van der Waals surface area contributed by atoms with Crippen LogP contribution in [0.25, 0.3) is 0 Å². The first-order chi connectivity index (χ1) is 8.33. The van der Waals surface area contributed by atoms with Gasteiger partial charge in [-0.3, -0.25) is 0 Å². The van der Waals surface area contributed by atoms with E-state index < -0.39 is 0 Å². The van der Waals surface area contributed by atoms with E-state index in [9.17, 15) is 0 Å². The van der Waals surface area contributed by atoms with Crippen LogP contribution in [-0.2, 0) is 0 Å². The third-order valence-corrected chi connectivity index (χ3v) is 4.03. The standard InChI is InChI=1S/C14H25N3S/c1-14(2,3)18-10-12(15-4)11-7-8-13(16-9-11)17(5)6/h7-9,12,15H,10H2,1-6H3. The molecule has 0 amide bonds. The van der Waals surface area contributed by atoms with Gasteiger partial charge in [0, 0.05) is 36.8 Å². The zero-order chi connectivity index (χ0) is 13.8. The third-order valence-electron chi connectivity index (χ3n) is 2.66. The molecule has 102 valence electrons. The van der Waals surface area contributed by atoms with Crippen LogP contribution in [0.3, 0.4) is 0 Å². The van der Waals surface area contributed by atoms with Gasteiger partial charge in [0.25, 0.3) is 0 Å². The molecule has 0 saturated heterocycles. The first kappa shape index (κ1) is 15.3. The predicted molar refractivity (Wildman–Crippen MR) is 82.6 cm³/mol. The number of hydrogen-bond donors (Lipinski definition) is 1. The van der Waals surface area contributed by atoms with Gasteiger partial charge in [0.1, 0.15) is 5.82 Å². The van der Waals surface area contributed by atoms with E-state index in [2.05, 4.69) is 43.2 Å². The number of rotatable bonds is 5. The van der Waals surface area contributed by atoms with Gasteiger partial charge < -0.3 is 10.2 Å². The summed E-state index contributed by atoms with van der Waals surface area (Å²) >= 11 is 1.97. The summed E-state index contributed by atoms with van der Waals surface area (Å²) in [4.78, 5) is 6.48. The van der Waals surface area contributed by atoms with E-state index in [0.717, 1.165) is 11.6 Å². The average Bonchev–Trinajstić information content (AvgIpc) is 2.29. The largest absolute Gasteiger partial charge is 0.363 e. The number of aromatic nitrogens is 1. The second kappa shape index (κ2) is 6.43. The van der Waals surface area contributed by atoms with E-state index in [-0.39, 0.29) is 0 Å². The molecule has 0 saturated carbocycles. The van der Waals surface area contributed by atoms with Crippen LogP contribution >= 0.6 is 11.8 Å². The van der Waals surface area contributed by atoms with Crippen molar-refractivity contribution in [1.29, 1.82) is 0 Å². The molecule has 18 heavy (non-hydrogen) atoms. The zero-order valence-corrected chi connectivity index (χ0v) is 13.1. The highest BCUT2D eigenvalue weighted by Gasteiger charge is 2.16. The fraction of sp³-hybridized carbons (Fsp3) is 0.643. The third kappa shape index (κ3) is 4.86. The average molecular weight is 267 g/mol. The lowest BCUT2D eigenvalue weighted by molar-refractivity contribution is 0.654. The summed E-state index contributed by atoms with van der Waals surface area (Å²) in [6.07, 6.45) is 1.97. The van der Waals surface area contributed by atoms with Crippen molar-refractivity contribution in [2.75, 3.05) is 31.8 Å². The number of pyridine rings is 1. The Hall–Kier alpha value is -0.740. The van der Waals surface area contributed by atoms with Crippen LogP contribution in [0.15, 0.2) is 18.3 Å². The first-order valence-corrected chi connectivity index (χ1v) is 7.26. The molecular weight excluding hydrogens is 242 g/mol. The zero-order valence-electron chi connectivity index (χ0n) is 12.3. The van der Waals surface area contributed by atoms with E-state index in [0.29, 0.717) is 10.8 Å². The van der Waals surface area contributed by atoms with Gasteiger partial charge in [-0.15, -0.1) is 0 Å². The second-order valence-corrected chi connectivity index (χ2v) is 7.46. The quantitative estimate of drug-likeness (QED) is 0.888. The molecule has 1 rings (SSSR count). The molecule has 4 heteroatoms. The lowest BCUT2D eigenvalue weighted by Crippen LogP contribution is -2.22. The molecule has 0 bridgehead atoms.